The minimum atomic E-state index is -0.619. The molecule has 1 N–H and O–H groups in total. The number of allylic oxidation sites excluding steroid dienone is 1. The van der Waals surface area contributed by atoms with Gasteiger partial charge in [-0.2, -0.15) is 10.5 Å². The normalized spacial score (nSPS) is 16.7. The molecule has 0 fully saturated rings. The molecule has 29 heavy (non-hydrogen) atoms. The van der Waals surface area contributed by atoms with E-state index in [2.05, 4.69) is 17.5 Å². The SMILES string of the molecule is CC(C)(C)OC(=O)N[C@H](c1cccs1)[C@H]1CCc2ccccc2C1=C(C#N)C#N. The van der Waals surface area contributed by atoms with Crippen LogP contribution >= 0.6 is 11.3 Å². The van der Waals surface area contributed by atoms with Crippen LogP contribution in [0.5, 0.6) is 0 Å². The molecule has 2 aromatic rings. The van der Waals surface area contributed by atoms with E-state index in [1.54, 1.807) is 0 Å². The van der Waals surface area contributed by atoms with Gasteiger partial charge in [0.2, 0.25) is 0 Å². The molecule has 0 spiro atoms. The highest BCUT2D eigenvalue weighted by Gasteiger charge is 2.36. The Hall–Kier alpha value is -3.09. The summed E-state index contributed by atoms with van der Waals surface area (Å²) in [5.41, 5.74) is 2.20. The Kier molecular flexibility index (Phi) is 6.06. The summed E-state index contributed by atoms with van der Waals surface area (Å²) in [5.74, 6) is -0.203. The third-order valence-corrected chi connectivity index (χ3v) is 5.78. The average Bonchev–Trinajstić information content (AvgIpc) is 3.20. The van der Waals surface area contributed by atoms with Crippen molar-refractivity contribution in [3.63, 3.8) is 0 Å². The topological polar surface area (TPSA) is 85.9 Å². The number of hydrogen-bond acceptors (Lipinski definition) is 5. The van der Waals surface area contributed by atoms with Crippen molar-refractivity contribution in [2.45, 2.75) is 45.3 Å². The number of thiophene rings is 1. The Balaban J connectivity index is 2.07. The summed E-state index contributed by atoms with van der Waals surface area (Å²) >= 11 is 1.54. The number of nitrogens with one attached hydrogen (secondary N) is 1. The molecule has 3 rings (SSSR count). The number of carbonyl (C=O) groups excluding carboxylic acids is 1. The van der Waals surface area contributed by atoms with Gasteiger partial charge in [0.25, 0.3) is 0 Å². The van der Waals surface area contributed by atoms with E-state index >= 15 is 0 Å². The molecule has 2 atom stereocenters. The number of nitriles is 2. The van der Waals surface area contributed by atoms with Gasteiger partial charge in [0.15, 0.2) is 0 Å². The van der Waals surface area contributed by atoms with Crippen LogP contribution < -0.4 is 5.32 Å². The highest BCUT2D eigenvalue weighted by atomic mass is 32.1. The molecule has 1 aliphatic carbocycles. The highest BCUT2D eigenvalue weighted by molar-refractivity contribution is 7.10. The van der Waals surface area contributed by atoms with E-state index in [1.165, 1.54) is 11.3 Å². The van der Waals surface area contributed by atoms with E-state index in [-0.39, 0.29) is 17.5 Å². The van der Waals surface area contributed by atoms with Crippen LogP contribution in [0.4, 0.5) is 4.79 Å². The lowest BCUT2D eigenvalue weighted by molar-refractivity contribution is 0.0492. The van der Waals surface area contributed by atoms with E-state index in [9.17, 15) is 15.3 Å². The van der Waals surface area contributed by atoms with E-state index in [0.717, 1.165) is 28.8 Å². The van der Waals surface area contributed by atoms with Gasteiger partial charge in [0, 0.05) is 10.8 Å². The maximum absolute atomic E-state index is 12.6. The van der Waals surface area contributed by atoms with Crippen LogP contribution in [0.2, 0.25) is 0 Å². The molecule has 0 unspecified atom stereocenters. The van der Waals surface area contributed by atoms with Crippen LogP contribution in [-0.4, -0.2) is 11.7 Å². The van der Waals surface area contributed by atoms with Crippen LogP contribution in [0.1, 0.15) is 49.2 Å². The number of nitrogens with zero attached hydrogens (tertiary/aromatic N) is 2. The summed E-state index contributed by atoms with van der Waals surface area (Å²) < 4.78 is 5.48. The summed E-state index contributed by atoms with van der Waals surface area (Å²) in [5, 5.41) is 24.2. The van der Waals surface area contributed by atoms with Gasteiger partial charge in [-0.05, 0) is 61.8 Å². The van der Waals surface area contributed by atoms with E-state index in [4.69, 9.17) is 4.74 Å². The Labute approximate surface area is 175 Å². The van der Waals surface area contributed by atoms with Gasteiger partial charge in [-0.1, -0.05) is 30.3 Å². The lowest BCUT2D eigenvalue weighted by atomic mass is 9.74. The van der Waals surface area contributed by atoms with Crippen molar-refractivity contribution in [2.75, 3.05) is 0 Å². The minimum absolute atomic E-state index is 0.0923. The smallest absolute Gasteiger partial charge is 0.408 e. The predicted molar refractivity (Wildman–Crippen MR) is 113 cm³/mol. The molecular weight excluding hydrogens is 382 g/mol. The average molecular weight is 406 g/mol. The number of benzene rings is 1. The summed E-state index contributed by atoms with van der Waals surface area (Å²) in [6, 6.07) is 15.5. The number of carbonyl (C=O) groups is 1. The number of ether oxygens (including phenoxy) is 1. The predicted octanol–water partition coefficient (Wildman–Crippen LogP) is 5.38. The summed E-state index contributed by atoms with van der Waals surface area (Å²) in [6.07, 6.45) is 1.02. The highest BCUT2D eigenvalue weighted by Crippen LogP contribution is 2.44. The van der Waals surface area contributed by atoms with Crippen molar-refractivity contribution in [1.82, 2.24) is 5.32 Å². The zero-order chi connectivity index (χ0) is 21.0. The van der Waals surface area contributed by atoms with E-state index in [1.807, 2.05) is 62.5 Å². The van der Waals surface area contributed by atoms with Crippen molar-refractivity contribution in [3.8, 4) is 12.1 Å². The Bertz CT molecular complexity index is 988. The van der Waals surface area contributed by atoms with Crippen molar-refractivity contribution in [2.24, 2.45) is 5.92 Å². The maximum atomic E-state index is 12.6. The first-order valence-electron chi connectivity index (χ1n) is 9.49. The second-order valence-corrected chi connectivity index (χ2v) is 8.93. The van der Waals surface area contributed by atoms with Gasteiger partial charge in [-0.15, -0.1) is 11.3 Å². The first kappa shape index (κ1) is 20.6. The van der Waals surface area contributed by atoms with Crippen LogP contribution in [0.15, 0.2) is 47.4 Å². The molecular formula is C23H23N3O2S. The van der Waals surface area contributed by atoms with Gasteiger partial charge in [0.1, 0.15) is 23.3 Å². The molecule has 1 aromatic carbocycles. The molecule has 0 aliphatic heterocycles. The van der Waals surface area contributed by atoms with Crippen molar-refractivity contribution < 1.29 is 9.53 Å². The lowest BCUT2D eigenvalue weighted by Crippen LogP contribution is -2.38. The van der Waals surface area contributed by atoms with E-state index < -0.39 is 11.7 Å². The number of aryl methyl sites for hydroxylation is 1. The Morgan fingerprint density at radius 3 is 2.55 bits per heavy atom. The third-order valence-electron chi connectivity index (χ3n) is 4.82. The van der Waals surface area contributed by atoms with Crippen molar-refractivity contribution >= 4 is 23.0 Å². The summed E-state index contributed by atoms with van der Waals surface area (Å²) in [7, 11) is 0. The van der Waals surface area contributed by atoms with Gasteiger partial charge in [-0.3, -0.25) is 0 Å². The maximum Gasteiger partial charge on any atom is 0.408 e. The number of hydrogen-bond donors (Lipinski definition) is 1. The monoisotopic (exact) mass is 405 g/mol. The van der Waals surface area contributed by atoms with Crippen LogP contribution in [0, 0.1) is 28.6 Å². The number of rotatable bonds is 3. The van der Waals surface area contributed by atoms with Gasteiger partial charge in [0.05, 0.1) is 6.04 Å². The zero-order valence-electron chi connectivity index (χ0n) is 16.7. The molecule has 1 aromatic heterocycles. The fourth-order valence-corrected chi connectivity index (χ4v) is 4.57. The molecule has 148 valence electrons. The van der Waals surface area contributed by atoms with Gasteiger partial charge >= 0.3 is 6.09 Å². The molecule has 0 radical (unpaired) electrons. The van der Waals surface area contributed by atoms with Crippen molar-refractivity contribution in [3.05, 3.63) is 63.4 Å². The molecule has 5 nitrogen and oxygen atoms in total. The largest absolute Gasteiger partial charge is 0.444 e. The number of amides is 1. The van der Waals surface area contributed by atoms with Gasteiger partial charge in [-0.25, -0.2) is 4.79 Å². The van der Waals surface area contributed by atoms with Gasteiger partial charge < -0.3 is 10.1 Å². The zero-order valence-corrected chi connectivity index (χ0v) is 17.5. The molecule has 0 bridgehead atoms. The Morgan fingerprint density at radius 2 is 1.93 bits per heavy atom. The number of alkyl carbamates (subject to hydrolysis) is 1. The second kappa shape index (κ2) is 8.51. The third kappa shape index (κ3) is 4.67. The summed E-state index contributed by atoms with van der Waals surface area (Å²) in [6.45, 7) is 5.45. The first-order valence-corrected chi connectivity index (χ1v) is 10.4. The molecule has 1 amide bonds. The molecule has 0 saturated heterocycles. The Morgan fingerprint density at radius 1 is 1.21 bits per heavy atom. The molecule has 1 heterocycles. The van der Waals surface area contributed by atoms with E-state index in [0.29, 0.717) is 5.57 Å². The summed E-state index contributed by atoms with van der Waals surface area (Å²) in [4.78, 5) is 13.6. The second-order valence-electron chi connectivity index (χ2n) is 7.95. The quantitative estimate of drug-likeness (QED) is 0.695. The molecule has 0 saturated carbocycles. The minimum Gasteiger partial charge on any atom is -0.444 e. The lowest BCUT2D eigenvalue weighted by Gasteiger charge is -2.34. The van der Waals surface area contributed by atoms with Crippen molar-refractivity contribution in [1.29, 1.82) is 10.5 Å². The van der Waals surface area contributed by atoms with Crippen LogP contribution in [0.3, 0.4) is 0 Å². The fraction of sp³-hybridized carbons (Fsp3) is 0.348. The standard InChI is InChI=1S/C23H23N3O2S/c1-23(2,3)28-22(27)26-21(19-9-6-12-29-19)18-11-10-15-7-4-5-8-17(15)20(18)16(13-24)14-25/h4-9,12,18,21H,10-11H2,1-3H3,(H,26,27)/t18-,21-/m0/s1. The fourth-order valence-electron chi connectivity index (χ4n) is 3.73. The van der Waals surface area contributed by atoms with Crippen LogP contribution in [0.25, 0.3) is 5.57 Å². The van der Waals surface area contributed by atoms with Crippen LogP contribution in [-0.2, 0) is 11.2 Å². The molecule has 1 aliphatic rings. The molecule has 6 heteroatoms. The number of fused-ring (bicyclic) bond motifs is 1. The first-order chi connectivity index (χ1) is 13.8.